The van der Waals surface area contributed by atoms with E-state index in [-0.39, 0.29) is 18.9 Å². The molecule has 0 saturated heterocycles. The quantitative estimate of drug-likeness (QED) is 0.154. The van der Waals surface area contributed by atoms with Crippen LogP contribution in [0.1, 0.15) is 60.7 Å². The molecular weight excluding hydrogens is 546 g/mol. The summed E-state index contributed by atoms with van der Waals surface area (Å²) in [5, 5.41) is 19.3. The van der Waals surface area contributed by atoms with Crippen LogP contribution < -0.4 is 15.5 Å². The van der Waals surface area contributed by atoms with Crippen molar-refractivity contribution in [1.82, 2.24) is 15.6 Å². The Labute approximate surface area is 253 Å². The normalized spacial score (nSPS) is 12.7. The molecule has 0 aliphatic heterocycles. The van der Waals surface area contributed by atoms with E-state index >= 15 is 0 Å². The number of amides is 1. The number of nitrogens with zero attached hydrogens (tertiary/aromatic N) is 2. The summed E-state index contributed by atoms with van der Waals surface area (Å²) in [5.74, 6) is -0.964. The number of aryl methyl sites for hydroxylation is 1. The summed E-state index contributed by atoms with van der Waals surface area (Å²) < 4.78 is 28.0. The molecule has 2 unspecified atom stereocenters. The first-order chi connectivity index (χ1) is 20.8. The van der Waals surface area contributed by atoms with E-state index in [9.17, 15) is 18.7 Å². The van der Waals surface area contributed by atoms with Gasteiger partial charge in [-0.05, 0) is 78.1 Å². The molecule has 43 heavy (non-hydrogen) atoms. The monoisotopic (exact) mass is 588 g/mol. The number of carbonyl (C=O) groups is 1. The number of halogens is 2. The van der Waals surface area contributed by atoms with Gasteiger partial charge in [0.25, 0.3) is 5.91 Å². The minimum Gasteiger partial charge on any atom is -0.390 e. The fourth-order valence-corrected chi connectivity index (χ4v) is 5.39. The molecule has 0 fully saturated rings. The van der Waals surface area contributed by atoms with Crippen LogP contribution in [0, 0.1) is 11.6 Å². The van der Waals surface area contributed by atoms with Gasteiger partial charge in [-0.1, -0.05) is 51.1 Å². The Kier molecular flexibility index (Phi) is 11.6. The van der Waals surface area contributed by atoms with Crippen molar-refractivity contribution in [3.63, 3.8) is 0 Å². The number of aliphatic hydroxyl groups is 1. The molecule has 4 rings (SSSR count). The van der Waals surface area contributed by atoms with Crippen LogP contribution in [0.3, 0.4) is 0 Å². The standard InChI is InChI=1S/C35H42F2N4O2/c1-4-14-41(15-5-2)34-31-20-28(11-10-27(31)12-13-39-34)35(43)40-32(19-26-17-29(36)21-30(37)18-26)33(42)23-38-22-25-9-7-8-24(6-3)16-25/h7-13,16-18,20-21,32-33,38,42H,4-6,14-15,19,22-23H2,1-3H3,(H,40,43). The summed E-state index contributed by atoms with van der Waals surface area (Å²) in [5.41, 5.74) is 3.07. The molecule has 1 amide bonds. The van der Waals surface area contributed by atoms with E-state index in [0.29, 0.717) is 17.7 Å². The van der Waals surface area contributed by atoms with Gasteiger partial charge in [-0.25, -0.2) is 13.8 Å². The van der Waals surface area contributed by atoms with Crippen LogP contribution in [0.25, 0.3) is 10.8 Å². The Morgan fingerprint density at radius 1 is 0.907 bits per heavy atom. The maximum atomic E-state index is 14.0. The number of hydrogen-bond acceptors (Lipinski definition) is 5. The number of benzene rings is 3. The largest absolute Gasteiger partial charge is 0.390 e. The molecule has 3 aromatic carbocycles. The van der Waals surface area contributed by atoms with Crippen LogP contribution in [0.2, 0.25) is 0 Å². The van der Waals surface area contributed by atoms with Gasteiger partial charge < -0.3 is 20.6 Å². The smallest absolute Gasteiger partial charge is 0.251 e. The van der Waals surface area contributed by atoms with E-state index < -0.39 is 23.8 Å². The number of nitrogens with one attached hydrogen (secondary N) is 2. The SMILES string of the molecule is CCCN(CCC)c1nccc2ccc(C(=O)NC(Cc3cc(F)cc(F)c3)C(O)CNCc3cccc(CC)c3)cc12. The summed E-state index contributed by atoms with van der Waals surface area (Å²) in [6.45, 7) is 8.76. The zero-order valence-corrected chi connectivity index (χ0v) is 25.2. The molecule has 0 radical (unpaired) electrons. The van der Waals surface area contributed by atoms with Gasteiger partial charge in [0.15, 0.2) is 0 Å². The second kappa shape index (κ2) is 15.5. The zero-order valence-electron chi connectivity index (χ0n) is 25.2. The van der Waals surface area contributed by atoms with Crippen molar-refractivity contribution in [2.75, 3.05) is 24.5 Å². The lowest BCUT2D eigenvalue weighted by molar-refractivity contribution is 0.0830. The van der Waals surface area contributed by atoms with Crippen LogP contribution in [0.4, 0.5) is 14.6 Å². The topological polar surface area (TPSA) is 77.5 Å². The number of aliphatic hydroxyl groups excluding tert-OH is 1. The molecule has 0 saturated carbocycles. The van der Waals surface area contributed by atoms with Crippen molar-refractivity contribution >= 4 is 22.5 Å². The lowest BCUT2D eigenvalue weighted by atomic mass is 9.99. The first kappa shape index (κ1) is 32.0. The summed E-state index contributed by atoms with van der Waals surface area (Å²) in [6.07, 6.45) is 3.68. The van der Waals surface area contributed by atoms with Crippen LogP contribution >= 0.6 is 0 Å². The number of aromatic nitrogens is 1. The average Bonchev–Trinajstić information content (AvgIpc) is 2.99. The summed E-state index contributed by atoms with van der Waals surface area (Å²) in [7, 11) is 0. The maximum Gasteiger partial charge on any atom is 0.251 e. The lowest BCUT2D eigenvalue weighted by Gasteiger charge is -2.26. The van der Waals surface area contributed by atoms with Gasteiger partial charge in [-0.15, -0.1) is 0 Å². The second-order valence-electron chi connectivity index (χ2n) is 11.0. The van der Waals surface area contributed by atoms with E-state index in [4.69, 9.17) is 0 Å². The third-order valence-corrected chi connectivity index (χ3v) is 7.54. The summed E-state index contributed by atoms with van der Waals surface area (Å²) >= 11 is 0. The summed E-state index contributed by atoms with van der Waals surface area (Å²) in [4.78, 5) is 20.5. The highest BCUT2D eigenvalue weighted by molar-refractivity contribution is 6.01. The van der Waals surface area contributed by atoms with Crippen molar-refractivity contribution in [2.24, 2.45) is 0 Å². The highest BCUT2D eigenvalue weighted by atomic mass is 19.1. The molecule has 0 aliphatic carbocycles. The molecule has 8 heteroatoms. The number of carbonyl (C=O) groups excluding carboxylic acids is 1. The third kappa shape index (κ3) is 8.81. The van der Waals surface area contributed by atoms with Gasteiger partial charge in [0.05, 0.1) is 12.1 Å². The van der Waals surface area contributed by atoms with Gasteiger partial charge >= 0.3 is 0 Å². The molecule has 0 bridgehead atoms. The van der Waals surface area contributed by atoms with Crippen LogP contribution in [0.15, 0.2) is 72.9 Å². The number of fused-ring (bicyclic) bond motifs is 1. The fraction of sp³-hybridized carbons (Fsp3) is 0.371. The van der Waals surface area contributed by atoms with E-state index in [0.717, 1.165) is 60.6 Å². The number of rotatable bonds is 15. The van der Waals surface area contributed by atoms with E-state index in [1.165, 1.54) is 17.7 Å². The van der Waals surface area contributed by atoms with Gasteiger partial charge in [-0.2, -0.15) is 0 Å². The highest BCUT2D eigenvalue weighted by Gasteiger charge is 2.24. The van der Waals surface area contributed by atoms with Crippen LogP contribution in [0.5, 0.6) is 0 Å². The molecule has 1 heterocycles. The van der Waals surface area contributed by atoms with Gasteiger partial charge in [0.2, 0.25) is 0 Å². The Bertz CT molecular complexity index is 1490. The van der Waals surface area contributed by atoms with E-state index in [1.807, 2.05) is 30.3 Å². The van der Waals surface area contributed by atoms with E-state index in [1.54, 1.807) is 12.3 Å². The van der Waals surface area contributed by atoms with Crippen molar-refractivity contribution in [1.29, 1.82) is 0 Å². The molecular formula is C35H42F2N4O2. The highest BCUT2D eigenvalue weighted by Crippen LogP contribution is 2.26. The number of anilines is 1. The van der Waals surface area contributed by atoms with Crippen LogP contribution in [-0.2, 0) is 19.4 Å². The first-order valence-corrected chi connectivity index (χ1v) is 15.2. The maximum absolute atomic E-state index is 14.0. The minimum atomic E-state index is -1.02. The Hall–Kier alpha value is -3.88. The Balaban J connectivity index is 1.56. The first-order valence-electron chi connectivity index (χ1n) is 15.2. The molecule has 2 atom stereocenters. The van der Waals surface area contributed by atoms with Crippen molar-refractivity contribution in [3.05, 3.63) is 107 Å². The predicted molar refractivity (Wildman–Crippen MR) is 169 cm³/mol. The average molecular weight is 589 g/mol. The minimum absolute atomic E-state index is 0.0513. The lowest BCUT2D eigenvalue weighted by Crippen LogP contribution is -2.48. The van der Waals surface area contributed by atoms with Gasteiger partial charge in [-0.3, -0.25) is 4.79 Å². The van der Waals surface area contributed by atoms with Crippen LogP contribution in [-0.4, -0.2) is 47.8 Å². The number of pyridine rings is 1. The molecule has 228 valence electrons. The molecule has 6 nitrogen and oxygen atoms in total. The molecule has 1 aromatic heterocycles. The van der Waals surface area contributed by atoms with Gasteiger partial charge in [0, 0.05) is 49.4 Å². The zero-order chi connectivity index (χ0) is 30.8. The Morgan fingerprint density at radius 3 is 2.33 bits per heavy atom. The molecule has 0 spiro atoms. The molecule has 0 aliphatic rings. The molecule has 3 N–H and O–H groups in total. The van der Waals surface area contributed by atoms with Crippen molar-refractivity contribution in [2.45, 2.75) is 65.1 Å². The predicted octanol–water partition coefficient (Wildman–Crippen LogP) is 6.19. The summed E-state index contributed by atoms with van der Waals surface area (Å²) in [6, 6.07) is 18.0. The van der Waals surface area contributed by atoms with Crippen molar-refractivity contribution in [3.8, 4) is 0 Å². The second-order valence-corrected chi connectivity index (χ2v) is 11.0. The Morgan fingerprint density at radius 2 is 1.63 bits per heavy atom. The fourth-order valence-electron chi connectivity index (χ4n) is 5.39. The third-order valence-electron chi connectivity index (χ3n) is 7.54. The number of hydrogen-bond donors (Lipinski definition) is 3. The van der Waals surface area contributed by atoms with Crippen molar-refractivity contribution < 1.29 is 18.7 Å². The molecule has 4 aromatic rings. The van der Waals surface area contributed by atoms with Gasteiger partial charge in [0.1, 0.15) is 17.5 Å². The van der Waals surface area contributed by atoms with E-state index in [2.05, 4.69) is 53.4 Å².